The molecular formula is C26H29N3O5. The maximum atomic E-state index is 12.0. The maximum Gasteiger partial charge on any atom is 0.271 e. The van der Waals surface area contributed by atoms with Crippen LogP contribution in [-0.2, 0) is 4.74 Å². The second kappa shape index (κ2) is 13.6. The molecule has 0 saturated carbocycles. The number of aromatic nitrogens is 1. The van der Waals surface area contributed by atoms with Gasteiger partial charge >= 0.3 is 0 Å². The average Bonchev–Trinajstić information content (AvgIpc) is 2.86. The highest BCUT2D eigenvalue weighted by Gasteiger charge is 2.07. The lowest BCUT2D eigenvalue weighted by atomic mass is 10.2. The van der Waals surface area contributed by atoms with Crippen LogP contribution in [0.1, 0.15) is 28.4 Å². The van der Waals surface area contributed by atoms with Gasteiger partial charge in [-0.05, 0) is 61.9 Å². The van der Waals surface area contributed by atoms with Crippen molar-refractivity contribution < 1.29 is 23.7 Å². The number of amides is 1. The summed E-state index contributed by atoms with van der Waals surface area (Å²) in [7, 11) is 0. The predicted molar refractivity (Wildman–Crippen MR) is 130 cm³/mol. The Kier molecular flexibility index (Phi) is 9.89. The molecule has 8 nitrogen and oxygen atoms in total. The lowest BCUT2D eigenvalue weighted by Crippen LogP contribution is -2.17. The fraction of sp³-hybridized carbons (Fsp3) is 0.269. The molecular weight excluding hydrogens is 434 g/mol. The summed E-state index contributed by atoms with van der Waals surface area (Å²) in [5, 5.41) is 4.01. The van der Waals surface area contributed by atoms with Crippen molar-refractivity contribution in [2.45, 2.75) is 13.8 Å². The summed E-state index contributed by atoms with van der Waals surface area (Å²) in [4.78, 5) is 15.9. The molecule has 3 rings (SSSR count). The molecule has 8 heteroatoms. The molecule has 0 spiro atoms. The minimum absolute atomic E-state index is 0.312. The molecule has 0 aliphatic rings. The van der Waals surface area contributed by atoms with Gasteiger partial charge in [-0.1, -0.05) is 17.7 Å². The fourth-order valence-corrected chi connectivity index (χ4v) is 2.89. The van der Waals surface area contributed by atoms with Crippen molar-refractivity contribution in [3.63, 3.8) is 0 Å². The quantitative estimate of drug-likeness (QED) is 0.234. The highest BCUT2D eigenvalue weighted by atomic mass is 16.6. The molecule has 0 bridgehead atoms. The number of nitrogens with zero attached hydrogens (tertiary/aromatic N) is 2. The first-order valence-electron chi connectivity index (χ1n) is 11.1. The fourth-order valence-electron chi connectivity index (χ4n) is 2.89. The molecule has 3 aromatic rings. The molecule has 1 heterocycles. The smallest absolute Gasteiger partial charge is 0.271 e. The van der Waals surface area contributed by atoms with Crippen LogP contribution >= 0.6 is 0 Å². The molecule has 2 aromatic carbocycles. The van der Waals surface area contributed by atoms with Gasteiger partial charge in [0.2, 0.25) is 0 Å². The summed E-state index contributed by atoms with van der Waals surface area (Å²) in [5.74, 6) is 1.72. The molecule has 0 unspecified atom stereocenters. The largest absolute Gasteiger partial charge is 0.491 e. The highest BCUT2D eigenvalue weighted by Crippen LogP contribution is 2.28. The van der Waals surface area contributed by atoms with E-state index in [2.05, 4.69) is 15.5 Å². The van der Waals surface area contributed by atoms with E-state index in [1.165, 1.54) is 5.56 Å². The van der Waals surface area contributed by atoms with E-state index in [0.717, 1.165) is 11.3 Å². The minimum Gasteiger partial charge on any atom is -0.491 e. The van der Waals surface area contributed by atoms with Crippen molar-refractivity contribution >= 4 is 12.1 Å². The Morgan fingerprint density at radius 3 is 2.38 bits per heavy atom. The van der Waals surface area contributed by atoms with Crippen LogP contribution in [-0.4, -0.2) is 50.1 Å². The summed E-state index contributed by atoms with van der Waals surface area (Å²) in [5.41, 5.74) is 4.92. The third kappa shape index (κ3) is 8.22. The van der Waals surface area contributed by atoms with Gasteiger partial charge in [0.1, 0.15) is 19.0 Å². The van der Waals surface area contributed by atoms with E-state index < -0.39 is 0 Å². The number of carbonyl (C=O) groups is 1. The Balaban J connectivity index is 1.41. The number of aryl methyl sites for hydroxylation is 1. The van der Waals surface area contributed by atoms with E-state index in [-0.39, 0.29) is 5.91 Å². The Bertz CT molecular complexity index is 1060. The van der Waals surface area contributed by atoms with E-state index in [9.17, 15) is 4.79 Å². The number of ether oxygens (including phenoxy) is 4. The second-order valence-electron chi connectivity index (χ2n) is 7.20. The summed E-state index contributed by atoms with van der Waals surface area (Å²) >= 11 is 0. The average molecular weight is 464 g/mol. The molecule has 34 heavy (non-hydrogen) atoms. The molecule has 0 fully saturated rings. The lowest BCUT2D eigenvalue weighted by molar-refractivity contribution is 0.0755. The van der Waals surface area contributed by atoms with E-state index in [4.69, 9.17) is 18.9 Å². The van der Waals surface area contributed by atoms with Crippen molar-refractivity contribution in [3.05, 3.63) is 83.7 Å². The number of hydrazone groups is 1. The van der Waals surface area contributed by atoms with Gasteiger partial charge in [0.05, 0.1) is 26.0 Å². The van der Waals surface area contributed by atoms with Crippen LogP contribution in [0.2, 0.25) is 0 Å². The minimum atomic E-state index is -0.312. The van der Waals surface area contributed by atoms with Crippen LogP contribution in [0, 0.1) is 6.92 Å². The number of rotatable bonds is 13. The maximum absolute atomic E-state index is 12.0. The molecule has 0 saturated heterocycles. The van der Waals surface area contributed by atoms with E-state index in [1.807, 2.05) is 44.2 Å². The third-order valence-electron chi connectivity index (χ3n) is 4.59. The third-order valence-corrected chi connectivity index (χ3v) is 4.59. The highest BCUT2D eigenvalue weighted by molar-refractivity contribution is 5.94. The van der Waals surface area contributed by atoms with Gasteiger partial charge in [0.25, 0.3) is 5.91 Å². The number of carbonyl (C=O) groups excluding carboxylic acids is 1. The molecule has 0 radical (unpaired) electrons. The molecule has 1 N–H and O–H groups in total. The lowest BCUT2D eigenvalue weighted by Gasteiger charge is -2.13. The first-order chi connectivity index (χ1) is 16.7. The zero-order chi connectivity index (χ0) is 24.0. The molecule has 178 valence electrons. The predicted octanol–water partition coefficient (Wildman–Crippen LogP) is 4.03. The van der Waals surface area contributed by atoms with E-state index in [0.29, 0.717) is 50.1 Å². The van der Waals surface area contributed by atoms with E-state index >= 15 is 0 Å². The van der Waals surface area contributed by atoms with Gasteiger partial charge < -0.3 is 18.9 Å². The first-order valence-corrected chi connectivity index (χ1v) is 11.1. The van der Waals surface area contributed by atoms with Gasteiger partial charge in [0, 0.05) is 18.0 Å². The van der Waals surface area contributed by atoms with Crippen molar-refractivity contribution in [1.29, 1.82) is 0 Å². The van der Waals surface area contributed by atoms with Gasteiger partial charge in [-0.15, -0.1) is 0 Å². The molecule has 0 atom stereocenters. The van der Waals surface area contributed by atoms with Crippen LogP contribution in [0.4, 0.5) is 0 Å². The van der Waals surface area contributed by atoms with Crippen LogP contribution in [0.5, 0.6) is 17.2 Å². The second-order valence-corrected chi connectivity index (χ2v) is 7.20. The Morgan fingerprint density at radius 2 is 1.65 bits per heavy atom. The van der Waals surface area contributed by atoms with Crippen LogP contribution in [0.3, 0.4) is 0 Å². The van der Waals surface area contributed by atoms with E-state index in [1.54, 1.807) is 42.9 Å². The number of benzene rings is 2. The Hall–Kier alpha value is -3.91. The van der Waals surface area contributed by atoms with Gasteiger partial charge in [-0.25, -0.2) is 5.43 Å². The zero-order valence-electron chi connectivity index (χ0n) is 19.4. The number of hydrogen-bond donors (Lipinski definition) is 1. The summed E-state index contributed by atoms with van der Waals surface area (Å²) in [6, 6.07) is 16.6. The van der Waals surface area contributed by atoms with Gasteiger partial charge in [-0.3, -0.25) is 9.78 Å². The normalized spacial score (nSPS) is 10.8. The van der Waals surface area contributed by atoms with Crippen LogP contribution in [0.25, 0.3) is 0 Å². The zero-order valence-corrected chi connectivity index (χ0v) is 19.4. The van der Waals surface area contributed by atoms with Gasteiger partial charge in [-0.2, -0.15) is 5.10 Å². The number of hydrogen-bond acceptors (Lipinski definition) is 7. The summed E-state index contributed by atoms with van der Waals surface area (Å²) < 4.78 is 22.7. The van der Waals surface area contributed by atoms with Crippen LogP contribution < -0.4 is 19.6 Å². The summed E-state index contributed by atoms with van der Waals surface area (Å²) in [6.07, 6.45) is 4.65. The topological polar surface area (TPSA) is 91.3 Å². The monoisotopic (exact) mass is 463 g/mol. The van der Waals surface area contributed by atoms with Crippen molar-refractivity contribution in [3.8, 4) is 17.2 Å². The Morgan fingerprint density at radius 1 is 0.912 bits per heavy atom. The molecule has 0 aliphatic carbocycles. The van der Waals surface area contributed by atoms with Crippen molar-refractivity contribution in [1.82, 2.24) is 10.4 Å². The van der Waals surface area contributed by atoms with Crippen molar-refractivity contribution in [2.75, 3.05) is 33.0 Å². The molecule has 0 aliphatic heterocycles. The van der Waals surface area contributed by atoms with Crippen LogP contribution in [0.15, 0.2) is 72.1 Å². The number of pyridine rings is 1. The molecule has 1 aromatic heterocycles. The first kappa shape index (κ1) is 24.7. The summed E-state index contributed by atoms with van der Waals surface area (Å²) in [6.45, 7) is 6.16. The van der Waals surface area contributed by atoms with Gasteiger partial charge in [0.15, 0.2) is 11.5 Å². The molecule has 1 amide bonds. The van der Waals surface area contributed by atoms with Crippen molar-refractivity contribution in [2.24, 2.45) is 5.10 Å². The number of nitrogens with one attached hydrogen (secondary N) is 1. The SMILES string of the molecule is CCOc1cc(C=NNC(=O)c2ccncc2)ccc1OCCOCCOc1ccc(C)cc1. The Labute approximate surface area is 199 Å². The standard InChI is InChI=1S/C26H29N3O5/c1-3-32-25-18-21(19-28-29-26(30)22-10-12-27-13-11-22)6-9-24(25)34-17-15-31-14-16-33-23-7-4-20(2)5-8-23/h4-13,18-19H,3,14-17H2,1-2H3,(H,29,30).